The largest absolute Gasteiger partial charge is 0.341 e. The minimum Gasteiger partial charge on any atom is -0.341 e. The standard InChI is InChI=1S/C14H26N4O/c1-5-11(6-2)9-18(7-3)14(19)13(15)12-8-16-17(4)10-12/h8,10-11,13H,5-7,9,15H2,1-4H3. The molecule has 1 aromatic heterocycles. The van der Waals surface area contributed by atoms with Gasteiger partial charge < -0.3 is 10.6 Å². The molecular weight excluding hydrogens is 240 g/mol. The summed E-state index contributed by atoms with van der Waals surface area (Å²) in [5.74, 6) is 0.535. The van der Waals surface area contributed by atoms with Crippen LogP contribution >= 0.6 is 0 Å². The Morgan fingerprint density at radius 1 is 1.42 bits per heavy atom. The molecule has 0 bridgehead atoms. The molecule has 1 heterocycles. The molecule has 0 aliphatic heterocycles. The van der Waals surface area contributed by atoms with Crippen molar-refractivity contribution in [2.75, 3.05) is 13.1 Å². The fourth-order valence-electron chi connectivity index (χ4n) is 2.17. The Kier molecular flexibility index (Phi) is 6.02. The summed E-state index contributed by atoms with van der Waals surface area (Å²) in [6.07, 6.45) is 5.63. The van der Waals surface area contributed by atoms with Crippen LogP contribution in [0.25, 0.3) is 0 Å². The first-order valence-corrected chi connectivity index (χ1v) is 7.06. The lowest BCUT2D eigenvalue weighted by atomic mass is 10.0. The van der Waals surface area contributed by atoms with Gasteiger partial charge in [-0.15, -0.1) is 0 Å². The zero-order chi connectivity index (χ0) is 14.4. The van der Waals surface area contributed by atoms with Gasteiger partial charge in [0.25, 0.3) is 0 Å². The summed E-state index contributed by atoms with van der Waals surface area (Å²) in [6, 6.07) is -0.608. The van der Waals surface area contributed by atoms with E-state index in [2.05, 4.69) is 18.9 Å². The monoisotopic (exact) mass is 266 g/mol. The Labute approximate surface area is 115 Å². The third-order valence-corrected chi connectivity index (χ3v) is 3.68. The zero-order valence-corrected chi connectivity index (χ0v) is 12.5. The lowest BCUT2D eigenvalue weighted by molar-refractivity contribution is -0.133. The quantitative estimate of drug-likeness (QED) is 0.817. The van der Waals surface area contributed by atoms with E-state index in [-0.39, 0.29) is 5.91 Å². The second kappa shape index (κ2) is 7.28. The Balaban J connectivity index is 2.72. The van der Waals surface area contributed by atoms with E-state index < -0.39 is 6.04 Å². The van der Waals surface area contributed by atoms with Crippen molar-refractivity contribution in [3.8, 4) is 0 Å². The highest BCUT2D eigenvalue weighted by Crippen LogP contribution is 2.15. The van der Waals surface area contributed by atoms with Gasteiger partial charge in [-0.25, -0.2) is 0 Å². The predicted octanol–water partition coefficient (Wildman–Crippen LogP) is 1.70. The number of likely N-dealkylation sites (N-methyl/N-ethyl adjacent to an activating group) is 1. The number of nitrogens with zero attached hydrogens (tertiary/aromatic N) is 3. The van der Waals surface area contributed by atoms with E-state index in [1.807, 2.05) is 18.9 Å². The molecule has 19 heavy (non-hydrogen) atoms. The lowest BCUT2D eigenvalue weighted by Gasteiger charge is -2.27. The van der Waals surface area contributed by atoms with Crippen LogP contribution in [-0.4, -0.2) is 33.7 Å². The van der Waals surface area contributed by atoms with E-state index in [0.717, 1.165) is 24.9 Å². The van der Waals surface area contributed by atoms with Crippen molar-refractivity contribution < 1.29 is 4.79 Å². The smallest absolute Gasteiger partial charge is 0.244 e. The molecule has 108 valence electrons. The topological polar surface area (TPSA) is 64.2 Å². The van der Waals surface area contributed by atoms with E-state index in [1.165, 1.54) is 0 Å². The van der Waals surface area contributed by atoms with Crippen LogP contribution in [0.15, 0.2) is 12.4 Å². The van der Waals surface area contributed by atoms with Crippen LogP contribution in [0.1, 0.15) is 45.2 Å². The van der Waals surface area contributed by atoms with Crippen LogP contribution in [-0.2, 0) is 11.8 Å². The molecule has 0 spiro atoms. The molecular formula is C14H26N4O. The molecule has 1 amide bonds. The second-order valence-electron chi connectivity index (χ2n) is 4.98. The van der Waals surface area contributed by atoms with Crippen LogP contribution < -0.4 is 5.73 Å². The maximum absolute atomic E-state index is 12.4. The van der Waals surface area contributed by atoms with Gasteiger partial charge in [-0.3, -0.25) is 9.48 Å². The van der Waals surface area contributed by atoms with Gasteiger partial charge >= 0.3 is 0 Å². The molecule has 1 unspecified atom stereocenters. The van der Waals surface area contributed by atoms with Crippen molar-refractivity contribution in [1.82, 2.24) is 14.7 Å². The highest BCUT2D eigenvalue weighted by molar-refractivity contribution is 5.82. The minimum absolute atomic E-state index is 0.0117. The number of rotatable bonds is 7. The Morgan fingerprint density at radius 2 is 2.05 bits per heavy atom. The maximum Gasteiger partial charge on any atom is 0.244 e. The van der Waals surface area contributed by atoms with Crippen molar-refractivity contribution in [1.29, 1.82) is 0 Å². The van der Waals surface area contributed by atoms with Gasteiger partial charge in [-0.05, 0) is 12.8 Å². The zero-order valence-electron chi connectivity index (χ0n) is 12.5. The molecule has 1 rings (SSSR count). The first kappa shape index (κ1) is 15.7. The Morgan fingerprint density at radius 3 is 2.47 bits per heavy atom. The Bertz CT molecular complexity index is 398. The molecule has 0 aliphatic rings. The van der Waals surface area contributed by atoms with Crippen LogP contribution in [0, 0.1) is 5.92 Å². The van der Waals surface area contributed by atoms with Crippen molar-refractivity contribution in [2.45, 2.75) is 39.7 Å². The van der Waals surface area contributed by atoms with Crippen LogP contribution in [0.2, 0.25) is 0 Å². The summed E-state index contributed by atoms with van der Waals surface area (Å²) >= 11 is 0. The van der Waals surface area contributed by atoms with Crippen molar-refractivity contribution in [3.63, 3.8) is 0 Å². The number of hydrogen-bond donors (Lipinski definition) is 1. The molecule has 0 aromatic carbocycles. The van der Waals surface area contributed by atoms with Crippen molar-refractivity contribution in [3.05, 3.63) is 18.0 Å². The van der Waals surface area contributed by atoms with E-state index >= 15 is 0 Å². The van der Waals surface area contributed by atoms with E-state index in [1.54, 1.807) is 17.1 Å². The van der Waals surface area contributed by atoms with Crippen LogP contribution in [0.4, 0.5) is 0 Å². The highest BCUT2D eigenvalue weighted by atomic mass is 16.2. The molecule has 0 saturated heterocycles. The maximum atomic E-state index is 12.4. The number of aryl methyl sites for hydroxylation is 1. The Hall–Kier alpha value is -1.36. The molecule has 2 N–H and O–H groups in total. The third-order valence-electron chi connectivity index (χ3n) is 3.68. The number of amides is 1. The van der Waals surface area contributed by atoms with Crippen molar-refractivity contribution >= 4 is 5.91 Å². The van der Waals surface area contributed by atoms with Gasteiger partial charge in [0.1, 0.15) is 6.04 Å². The summed E-state index contributed by atoms with van der Waals surface area (Å²) in [7, 11) is 1.82. The van der Waals surface area contributed by atoms with E-state index in [9.17, 15) is 4.79 Å². The summed E-state index contributed by atoms with van der Waals surface area (Å²) in [6.45, 7) is 7.80. The third kappa shape index (κ3) is 4.06. The average Bonchev–Trinajstić information content (AvgIpc) is 2.85. The number of carbonyl (C=O) groups is 1. The van der Waals surface area contributed by atoms with Gasteiger partial charge in [0.2, 0.25) is 5.91 Å². The second-order valence-corrected chi connectivity index (χ2v) is 4.98. The highest BCUT2D eigenvalue weighted by Gasteiger charge is 2.23. The molecule has 5 nitrogen and oxygen atoms in total. The van der Waals surface area contributed by atoms with Gasteiger partial charge in [0.15, 0.2) is 0 Å². The molecule has 0 fully saturated rings. The average molecular weight is 266 g/mol. The molecule has 1 aromatic rings. The van der Waals surface area contributed by atoms with Gasteiger partial charge in [-0.2, -0.15) is 5.10 Å². The number of hydrogen-bond acceptors (Lipinski definition) is 3. The van der Waals surface area contributed by atoms with Gasteiger partial charge in [0.05, 0.1) is 6.20 Å². The molecule has 5 heteroatoms. The summed E-state index contributed by atoms with van der Waals surface area (Å²) < 4.78 is 1.67. The molecule has 0 aliphatic carbocycles. The molecule has 1 atom stereocenters. The fourth-order valence-corrected chi connectivity index (χ4v) is 2.17. The number of carbonyl (C=O) groups excluding carboxylic acids is 1. The fraction of sp³-hybridized carbons (Fsp3) is 0.714. The normalized spacial score (nSPS) is 12.7. The molecule has 0 saturated carbocycles. The summed E-state index contributed by atoms with van der Waals surface area (Å²) in [5, 5.41) is 4.06. The number of nitrogens with two attached hydrogens (primary N) is 1. The molecule has 0 radical (unpaired) electrons. The van der Waals surface area contributed by atoms with Crippen LogP contribution in [0.5, 0.6) is 0 Å². The van der Waals surface area contributed by atoms with Gasteiger partial charge in [-0.1, -0.05) is 26.7 Å². The SMILES string of the molecule is CCC(CC)CN(CC)C(=O)C(N)c1cnn(C)c1. The van der Waals surface area contributed by atoms with E-state index in [0.29, 0.717) is 12.5 Å². The number of aromatic nitrogens is 2. The van der Waals surface area contributed by atoms with Crippen molar-refractivity contribution in [2.24, 2.45) is 18.7 Å². The first-order chi connectivity index (χ1) is 9.03. The van der Waals surface area contributed by atoms with Gasteiger partial charge in [0, 0.05) is 31.9 Å². The van der Waals surface area contributed by atoms with Crippen LogP contribution in [0.3, 0.4) is 0 Å². The lowest BCUT2D eigenvalue weighted by Crippen LogP contribution is -2.41. The first-order valence-electron chi connectivity index (χ1n) is 7.06. The summed E-state index contributed by atoms with van der Waals surface area (Å²) in [5.41, 5.74) is 6.82. The summed E-state index contributed by atoms with van der Waals surface area (Å²) in [4.78, 5) is 14.3. The van der Waals surface area contributed by atoms with E-state index in [4.69, 9.17) is 5.73 Å². The predicted molar refractivity (Wildman–Crippen MR) is 76.5 cm³/mol. The minimum atomic E-state index is -0.608.